The lowest BCUT2D eigenvalue weighted by Crippen LogP contribution is -1.96. The first-order valence-electron chi connectivity index (χ1n) is 4.72. The molecule has 0 spiro atoms. The van der Waals surface area contributed by atoms with Crippen LogP contribution in [0.25, 0.3) is 0 Å². The molecule has 1 aromatic rings. The van der Waals surface area contributed by atoms with E-state index in [1.165, 1.54) is 12.8 Å². The largest absolute Gasteiger partial charge is 0.207 e. The highest BCUT2D eigenvalue weighted by atomic mass is 127. The maximum Gasteiger partial charge on any atom is 0.126 e. The van der Waals surface area contributed by atoms with Crippen LogP contribution in [0.4, 0.5) is 4.39 Å². The summed E-state index contributed by atoms with van der Waals surface area (Å²) in [5.41, 5.74) is 0.935. The Balaban J connectivity index is 2.32. The normalized spacial score (nSPS) is 18.0. The fraction of sp³-hybridized carbons (Fsp3) is 0.455. The van der Waals surface area contributed by atoms with Crippen molar-refractivity contribution < 1.29 is 4.39 Å². The summed E-state index contributed by atoms with van der Waals surface area (Å²) in [6, 6.07) is 5.41. The van der Waals surface area contributed by atoms with Gasteiger partial charge in [0.2, 0.25) is 0 Å². The average molecular weight is 290 g/mol. The van der Waals surface area contributed by atoms with E-state index in [1.807, 2.05) is 12.1 Å². The Labute approximate surface area is 91.7 Å². The fourth-order valence-electron chi connectivity index (χ4n) is 2.06. The average Bonchev–Trinajstić information content (AvgIpc) is 2.61. The summed E-state index contributed by atoms with van der Waals surface area (Å²) >= 11 is 2.24. The van der Waals surface area contributed by atoms with Gasteiger partial charge in [0.1, 0.15) is 5.82 Å². The van der Waals surface area contributed by atoms with Crippen molar-refractivity contribution >= 4 is 22.6 Å². The monoisotopic (exact) mass is 290 g/mol. The van der Waals surface area contributed by atoms with Gasteiger partial charge in [-0.25, -0.2) is 4.39 Å². The van der Waals surface area contributed by atoms with E-state index >= 15 is 0 Å². The zero-order valence-electron chi connectivity index (χ0n) is 7.39. The van der Waals surface area contributed by atoms with Gasteiger partial charge in [0.05, 0.1) is 0 Å². The van der Waals surface area contributed by atoms with Crippen molar-refractivity contribution in [2.24, 2.45) is 0 Å². The molecule has 2 heteroatoms. The van der Waals surface area contributed by atoms with Gasteiger partial charge in [0.25, 0.3) is 0 Å². The molecule has 2 rings (SSSR count). The van der Waals surface area contributed by atoms with E-state index in [-0.39, 0.29) is 5.82 Å². The van der Waals surface area contributed by atoms with Crippen molar-refractivity contribution in [2.45, 2.75) is 31.6 Å². The second kappa shape index (κ2) is 3.95. The zero-order chi connectivity index (χ0) is 9.26. The minimum atomic E-state index is -0.0210. The zero-order valence-corrected chi connectivity index (χ0v) is 9.55. The van der Waals surface area contributed by atoms with E-state index in [0.717, 1.165) is 22.0 Å². The first-order chi connectivity index (χ1) is 6.27. The van der Waals surface area contributed by atoms with Crippen LogP contribution >= 0.6 is 22.6 Å². The van der Waals surface area contributed by atoms with Crippen molar-refractivity contribution in [1.29, 1.82) is 0 Å². The molecule has 0 unspecified atom stereocenters. The van der Waals surface area contributed by atoms with Gasteiger partial charge in [-0.2, -0.15) is 0 Å². The summed E-state index contributed by atoms with van der Waals surface area (Å²) in [5, 5.41) is 0. The molecule has 0 bridgehead atoms. The van der Waals surface area contributed by atoms with Crippen LogP contribution < -0.4 is 0 Å². The minimum Gasteiger partial charge on any atom is -0.207 e. The van der Waals surface area contributed by atoms with Gasteiger partial charge in [-0.3, -0.25) is 0 Å². The van der Waals surface area contributed by atoms with Crippen LogP contribution in [-0.4, -0.2) is 0 Å². The minimum absolute atomic E-state index is 0.0210. The molecular formula is C11H12FI. The quantitative estimate of drug-likeness (QED) is 0.683. The summed E-state index contributed by atoms with van der Waals surface area (Å²) in [7, 11) is 0. The summed E-state index contributed by atoms with van der Waals surface area (Å²) in [5.74, 6) is 0.460. The number of hydrogen-bond donors (Lipinski definition) is 0. The van der Waals surface area contributed by atoms with E-state index in [0.29, 0.717) is 5.92 Å². The van der Waals surface area contributed by atoms with Gasteiger partial charge in [0.15, 0.2) is 0 Å². The predicted molar refractivity (Wildman–Crippen MR) is 60.3 cm³/mol. The van der Waals surface area contributed by atoms with Crippen molar-refractivity contribution in [3.05, 3.63) is 33.1 Å². The molecule has 0 aromatic heterocycles. The lowest BCUT2D eigenvalue weighted by atomic mass is 9.97. The van der Waals surface area contributed by atoms with Crippen LogP contribution in [0, 0.1) is 9.39 Å². The lowest BCUT2D eigenvalue weighted by Gasteiger charge is -2.10. The molecule has 1 saturated carbocycles. The maximum atomic E-state index is 13.4. The molecule has 0 nitrogen and oxygen atoms in total. The van der Waals surface area contributed by atoms with Crippen LogP contribution in [0.15, 0.2) is 18.2 Å². The molecule has 0 saturated heterocycles. The first-order valence-corrected chi connectivity index (χ1v) is 5.80. The van der Waals surface area contributed by atoms with Crippen molar-refractivity contribution in [2.75, 3.05) is 0 Å². The third-order valence-corrected chi connectivity index (χ3v) is 3.42. The molecular weight excluding hydrogens is 278 g/mol. The topological polar surface area (TPSA) is 0 Å². The van der Waals surface area contributed by atoms with Crippen LogP contribution in [0.5, 0.6) is 0 Å². The van der Waals surface area contributed by atoms with Gasteiger partial charge < -0.3 is 0 Å². The summed E-state index contributed by atoms with van der Waals surface area (Å²) < 4.78 is 14.6. The van der Waals surface area contributed by atoms with Gasteiger partial charge in [-0.05, 0) is 65.1 Å². The summed E-state index contributed by atoms with van der Waals surface area (Å²) in [6.45, 7) is 0. The molecule has 1 fully saturated rings. The van der Waals surface area contributed by atoms with Gasteiger partial charge >= 0.3 is 0 Å². The third-order valence-electron chi connectivity index (χ3n) is 2.75. The highest BCUT2D eigenvalue weighted by Gasteiger charge is 2.19. The molecule has 1 aromatic carbocycles. The van der Waals surface area contributed by atoms with E-state index in [1.54, 1.807) is 6.07 Å². The molecule has 1 aliphatic carbocycles. The maximum absolute atomic E-state index is 13.4. The van der Waals surface area contributed by atoms with Crippen LogP contribution in [0.3, 0.4) is 0 Å². The Morgan fingerprint density at radius 3 is 2.62 bits per heavy atom. The van der Waals surface area contributed by atoms with Crippen molar-refractivity contribution in [1.82, 2.24) is 0 Å². The predicted octanol–water partition coefficient (Wildman–Crippen LogP) is 4.09. The van der Waals surface area contributed by atoms with E-state index in [2.05, 4.69) is 22.6 Å². The van der Waals surface area contributed by atoms with Gasteiger partial charge in [-0.15, -0.1) is 0 Å². The molecule has 1 aliphatic rings. The molecule has 0 aliphatic heterocycles. The molecule has 0 atom stereocenters. The smallest absolute Gasteiger partial charge is 0.126 e. The number of benzene rings is 1. The Hall–Kier alpha value is -0.120. The Morgan fingerprint density at radius 2 is 1.92 bits per heavy atom. The second-order valence-electron chi connectivity index (χ2n) is 3.65. The second-order valence-corrected chi connectivity index (χ2v) is 4.89. The third kappa shape index (κ3) is 2.03. The summed E-state index contributed by atoms with van der Waals surface area (Å²) in [4.78, 5) is 0. The first kappa shape index (κ1) is 9.44. The highest BCUT2D eigenvalue weighted by molar-refractivity contribution is 14.1. The van der Waals surface area contributed by atoms with E-state index in [9.17, 15) is 4.39 Å². The van der Waals surface area contributed by atoms with Gasteiger partial charge in [0, 0.05) is 3.57 Å². The SMILES string of the molecule is Fc1ccc(I)cc1C1CCCC1. The Kier molecular flexibility index (Phi) is 2.86. The van der Waals surface area contributed by atoms with Crippen LogP contribution in [-0.2, 0) is 0 Å². The van der Waals surface area contributed by atoms with Crippen LogP contribution in [0.2, 0.25) is 0 Å². The molecule has 70 valence electrons. The molecule has 13 heavy (non-hydrogen) atoms. The molecule has 0 amide bonds. The number of hydrogen-bond acceptors (Lipinski definition) is 0. The standard InChI is InChI=1S/C11H12FI/c12-11-6-5-9(13)7-10(11)8-3-1-2-4-8/h5-8H,1-4H2. The fourth-order valence-corrected chi connectivity index (χ4v) is 2.58. The van der Waals surface area contributed by atoms with Crippen molar-refractivity contribution in [3.8, 4) is 0 Å². The Bertz CT molecular complexity index is 303. The van der Waals surface area contributed by atoms with Gasteiger partial charge in [-0.1, -0.05) is 12.8 Å². The number of rotatable bonds is 1. The highest BCUT2D eigenvalue weighted by Crippen LogP contribution is 2.35. The lowest BCUT2D eigenvalue weighted by molar-refractivity contribution is 0.580. The van der Waals surface area contributed by atoms with E-state index < -0.39 is 0 Å². The van der Waals surface area contributed by atoms with Crippen molar-refractivity contribution in [3.63, 3.8) is 0 Å². The van der Waals surface area contributed by atoms with Crippen LogP contribution in [0.1, 0.15) is 37.2 Å². The summed E-state index contributed by atoms with van der Waals surface area (Å²) in [6.07, 6.45) is 4.85. The molecule has 0 N–H and O–H groups in total. The molecule has 0 heterocycles. The Morgan fingerprint density at radius 1 is 1.23 bits per heavy atom. The molecule has 0 radical (unpaired) electrons. The number of halogens is 2. The van der Waals surface area contributed by atoms with E-state index in [4.69, 9.17) is 0 Å².